The maximum Gasteiger partial charge on any atom is 0.405 e. The van der Waals surface area contributed by atoms with Crippen LogP contribution in [0.3, 0.4) is 0 Å². The molecule has 1 unspecified atom stereocenters. The zero-order valence-corrected chi connectivity index (χ0v) is 13.4. The van der Waals surface area contributed by atoms with E-state index in [1.807, 2.05) is 12.1 Å². The van der Waals surface area contributed by atoms with Gasteiger partial charge < -0.3 is 10.5 Å². The molecule has 5 nitrogen and oxygen atoms in total. The van der Waals surface area contributed by atoms with E-state index in [1.54, 1.807) is 19.9 Å². The minimum Gasteiger partial charge on any atom is -0.442 e. The number of hydrogen-bond donors (Lipinski definition) is 1. The van der Waals surface area contributed by atoms with E-state index >= 15 is 0 Å². The van der Waals surface area contributed by atoms with Crippen LogP contribution in [0, 0.1) is 0 Å². The summed E-state index contributed by atoms with van der Waals surface area (Å²) in [6.07, 6.45) is -0.145. The fourth-order valence-corrected chi connectivity index (χ4v) is 2.67. The molecule has 0 spiro atoms. The summed E-state index contributed by atoms with van der Waals surface area (Å²) in [5, 5.41) is 0.787. The van der Waals surface area contributed by atoms with Crippen molar-refractivity contribution in [1.82, 2.24) is 4.98 Å². The van der Waals surface area contributed by atoms with E-state index in [1.165, 1.54) is 6.92 Å². The highest BCUT2D eigenvalue weighted by molar-refractivity contribution is 9.09. The number of ketones is 1. The number of nitrogens with two attached hydrogens (primary N) is 1. The summed E-state index contributed by atoms with van der Waals surface area (Å²) in [6, 6.07) is 5.50. The van der Waals surface area contributed by atoms with Crippen molar-refractivity contribution in [1.29, 1.82) is 0 Å². The van der Waals surface area contributed by atoms with Crippen LogP contribution in [-0.2, 0) is 16.0 Å². The molecule has 1 heterocycles. The van der Waals surface area contributed by atoms with Gasteiger partial charge in [-0.05, 0) is 39.3 Å². The molecule has 0 saturated carbocycles. The summed E-state index contributed by atoms with van der Waals surface area (Å²) in [5.74, 6) is -0.773. The Kier molecular flexibility index (Phi) is 5.68. The van der Waals surface area contributed by atoms with E-state index in [2.05, 4.69) is 20.9 Å². The molecule has 0 aliphatic rings. The van der Waals surface area contributed by atoms with Crippen LogP contribution in [0.25, 0.3) is 0 Å². The smallest absolute Gasteiger partial charge is 0.405 e. The highest BCUT2D eigenvalue weighted by Gasteiger charge is 2.38. The quantitative estimate of drug-likeness (QED) is 0.805. The number of alkyl halides is 1. The zero-order valence-electron chi connectivity index (χ0n) is 11.9. The van der Waals surface area contributed by atoms with E-state index in [9.17, 15) is 9.59 Å². The van der Waals surface area contributed by atoms with Gasteiger partial charge in [0.25, 0.3) is 0 Å². The van der Waals surface area contributed by atoms with Crippen LogP contribution in [0.5, 0.6) is 0 Å². The maximum atomic E-state index is 12.0. The number of ether oxygens (including phenoxy) is 1. The van der Waals surface area contributed by atoms with Crippen LogP contribution in [0.2, 0.25) is 0 Å². The van der Waals surface area contributed by atoms with Gasteiger partial charge >= 0.3 is 6.09 Å². The van der Waals surface area contributed by atoms with Crippen molar-refractivity contribution in [3.8, 4) is 0 Å². The lowest BCUT2D eigenvalue weighted by Gasteiger charge is -2.31. The molecule has 0 aromatic carbocycles. The van der Waals surface area contributed by atoms with Gasteiger partial charge in [-0.1, -0.05) is 22.0 Å². The molecule has 1 rings (SSSR count). The Bertz CT molecular complexity index is 503. The third kappa shape index (κ3) is 4.30. The van der Waals surface area contributed by atoms with Gasteiger partial charge in [-0.15, -0.1) is 0 Å². The van der Waals surface area contributed by atoms with Crippen LogP contribution in [-0.4, -0.2) is 27.8 Å². The van der Waals surface area contributed by atoms with Crippen molar-refractivity contribution in [3.63, 3.8) is 0 Å². The maximum absolute atomic E-state index is 12.0. The second kappa shape index (κ2) is 6.83. The molecule has 0 bridgehead atoms. The van der Waals surface area contributed by atoms with Gasteiger partial charge in [0.15, 0.2) is 0 Å². The summed E-state index contributed by atoms with van der Waals surface area (Å²) < 4.78 is 5.08. The Morgan fingerprint density at radius 3 is 2.60 bits per heavy atom. The predicted molar refractivity (Wildman–Crippen MR) is 79.9 cm³/mol. The molecule has 6 heteroatoms. The number of hydrogen-bond acceptors (Lipinski definition) is 4. The largest absolute Gasteiger partial charge is 0.442 e. The summed E-state index contributed by atoms with van der Waals surface area (Å²) >= 11 is 3.36. The van der Waals surface area contributed by atoms with Crippen molar-refractivity contribution >= 4 is 27.8 Å². The first-order chi connectivity index (χ1) is 9.27. The van der Waals surface area contributed by atoms with Gasteiger partial charge in [0, 0.05) is 11.0 Å². The second-order valence-corrected chi connectivity index (χ2v) is 5.85. The molecule has 110 valence electrons. The summed E-state index contributed by atoms with van der Waals surface area (Å²) in [4.78, 5) is 27.4. The second-order valence-electron chi connectivity index (χ2n) is 5.06. The lowest BCUT2D eigenvalue weighted by molar-refractivity contribution is -0.123. The number of carbonyl (C=O) groups excluding carboxylic acids is 2. The van der Waals surface area contributed by atoms with E-state index in [4.69, 9.17) is 10.5 Å². The monoisotopic (exact) mass is 342 g/mol. The number of carbonyl (C=O) groups is 2. The van der Waals surface area contributed by atoms with Crippen LogP contribution in [0.15, 0.2) is 18.2 Å². The molecule has 0 fully saturated rings. The number of aryl methyl sites for hydroxylation is 1. The standard InChI is InChI=1S/C14H19BrN2O3/c1-9(18)12(14(2,3)20-13(16)19)11-6-4-5-10(17-11)7-8-15/h4-6,12H,7-8H2,1-3H3,(H2,16,19). The Morgan fingerprint density at radius 1 is 1.45 bits per heavy atom. The highest BCUT2D eigenvalue weighted by Crippen LogP contribution is 2.31. The first kappa shape index (κ1) is 16.6. The van der Waals surface area contributed by atoms with Gasteiger partial charge in [-0.2, -0.15) is 0 Å². The number of amides is 1. The number of Topliss-reactive ketones (excluding diaryl/α,β-unsaturated/α-hetero) is 1. The van der Waals surface area contributed by atoms with Crippen LogP contribution >= 0.6 is 15.9 Å². The summed E-state index contributed by atoms with van der Waals surface area (Å²) in [6.45, 7) is 4.76. The molecule has 0 saturated heterocycles. The molecular formula is C14H19BrN2O3. The summed E-state index contributed by atoms with van der Waals surface area (Å²) in [7, 11) is 0. The number of nitrogens with zero attached hydrogens (tertiary/aromatic N) is 1. The first-order valence-electron chi connectivity index (χ1n) is 6.28. The fraction of sp³-hybridized carbons (Fsp3) is 0.500. The Morgan fingerprint density at radius 2 is 2.10 bits per heavy atom. The van der Waals surface area contributed by atoms with Gasteiger partial charge in [0.1, 0.15) is 11.4 Å². The molecule has 0 aliphatic carbocycles. The zero-order chi connectivity index (χ0) is 15.3. The third-order valence-corrected chi connectivity index (χ3v) is 3.34. The van der Waals surface area contributed by atoms with Crippen LogP contribution < -0.4 is 5.73 Å². The normalized spacial score (nSPS) is 12.8. The van der Waals surface area contributed by atoms with Crippen LogP contribution in [0.4, 0.5) is 4.79 Å². The van der Waals surface area contributed by atoms with Gasteiger partial charge in [-0.25, -0.2) is 4.79 Å². The number of pyridine rings is 1. The van der Waals surface area contributed by atoms with Crippen molar-refractivity contribution in [2.24, 2.45) is 5.73 Å². The van der Waals surface area contributed by atoms with Crippen molar-refractivity contribution in [3.05, 3.63) is 29.6 Å². The Labute approximate surface area is 127 Å². The molecular weight excluding hydrogens is 324 g/mol. The predicted octanol–water partition coefficient (Wildman–Crippen LogP) is 2.57. The first-order valence-corrected chi connectivity index (χ1v) is 7.40. The molecule has 0 aliphatic heterocycles. The highest BCUT2D eigenvalue weighted by atomic mass is 79.9. The van der Waals surface area contributed by atoms with E-state index < -0.39 is 17.6 Å². The van der Waals surface area contributed by atoms with Gasteiger partial charge in [-0.3, -0.25) is 9.78 Å². The molecule has 2 N–H and O–H groups in total. The van der Waals surface area contributed by atoms with Crippen molar-refractivity contribution in [2.45, 2.75) is 38.7 Å². The minimum atomic E-state index is -1.04. The summed E-state index contributed by atoms with van der Waals surface area (Å²) in [5.41, 5.74) is 5.49. The Hall–Kier alpha value is -1.43. The van der Waals surface area contributed by atoms with Crippen molar-refractivity contribution in [2.75, 3.05) is 5.33 Å². The molecule has 1 atom stereocenters. The third-order valence-electron chi connectivity index (χ3n) is 2.94. The molecule has 1 aromatic rings. The Balaban J connectivity index is 3.17. The van der Waals surface area contributed by atoms with Crippen molar-refractivity contribution < 1.29 is 14.3 Å². The number of primary amides is 1. The lowest BCUT2D eigenvalue weighted by Crippen LogP contribution is -2.40. The molecule has 0 radical (unpaired) electrons. The molecule has 1 amide bonds. The van der Waals surface area contributed by atoms with E-state index in [0.717, 1.165) is 17.4 Å². The average molecular weight is 343 g/mol. The number of halogens is 1. The van der Waals surface area contributed by atoms with Gasteiger partial charge in [0.05, 0.1) is 11.6 Å². The SMILES string of the molecule is CC(=O)C(c1cccc(CCBr)n1)C(C)(C)OC(N)=O. The fourth-order valence-electron chi connectivity index (χ4n) is 2.27. The topological polar surface area (TPSA) is 82.3 Å². The van der Waals surface area contributed by atoms with E-state index in [-0.39, 0.29) is 5.78 Å². The lowest BCUT2D eigenvalue weighted by atomic mass is 9.84. The number of aromatic nitrogens is 1. The van der Waals surface area contributed by atoms with Gasteiger partial charge in [0.2, 0.25) is 0 Å². The molecule has 20 heavy (non-hydrogen) atoms. The number of rotatable bonds is 6. The minimum absolute atomic E-state index is 0.125. The van der Waals surface area contributed by atoms with E-state index in [0.29, 0.717) is 5.69 Å². The average Bonchev–Trinajstić information content (AvgIpc) is 2.26. The molecule has 1 aromatic heterocycles. The van der Waals surface area contributed by atoms with Crippen LogP contribution in [0.1, 0.15) is 38.1 Å².